The molecule has 1 heterocycles. The third-order valence-corrected chi connectivity index (χ3v) is 1.87. The molecule has 5 nitrogen and oxygen atoms in total. The van der Waals surface area contributed by atoms with Gasteiger partial charge in [0.1, 0.15) is 6.61 Å². The van der Waals surface area contributed by atoms with Gasteiger partial charge in [0.05, 0.1) is 13.2 Å². The Kier molecular flexibility index (Phi) is 5.51. The molecule has 1 aliphatic rings. The Balaban J connectivity index is 2.07. The molecule has 0 spiro atoms. The van der Waals surface area contributed by atoms with E-state index in [2.05, 4.69) is 5.32 Å². The molecular weight excluding hydrogens is 186 g/mol. The van der Waals surface area contributed by atoms with E-state index >= 15 is 0 Å². The Bertz CT molecular complexity index is 168. The first kappa shape index (κ1) is 11.4. The van der Waals surface area contributed by atoms with E-state index in [1.165, 1.54) is 0 Å². The molecule has 0 bridgehead atoms. The molecule has 1 atom stereocenters. The average Bonchev–Trinajstić information content (AvgIpc) is 2.25. The third-order valence-electron chi connectivity index (χ3n) is 1.87. The van der Waals surface area contributed by atoms with Crippen LogP contribution in [0.2, 0.25) is 0 Å². The minimum Gasteiger partial charge on any atom is -0.461 e. The highest BCUT2D eigenvalue weighted by Crippen LogP contribution is 1.98. The van der Waals surface area contributed by atoms with Crippen molar-refractivity contribution in [3.8, 4) is 0 Å². The van der Waals surface area contributed by atoms with E-state index in [9.17, 15) is 4.79 Å². The van der Waals surface area contributed by atoms with Crippen molar-refractivity contribution in [3.63, 3.8) is 0 Å². The molecule has 0 aromatic heterocycles. The van der Waals surface area contributed by atoms with E-state index in [0.29, 0.717) is 33.0 Å². The highest BCUT2D eigenvalue weighted by atomic mass is 16.6. The molecule has 1 rings (SSSR count). The van der Waals surface area contributed by atoms with Gasteiger partial charge in [-0.05, 0) is 6.92 Å². The quantitative estimate of drug-likeness (QED) is 0.484. The van der Waals surface area contributed by atoms with Gasteiger partial charge in [-0.2, -0.15) is 0 Å². The topological polar surface area (TPSA) is 56.8 Å². The van der Waals surface area contributed by atoms with Crippen LogP contribution in [0.15, 0.2) is 0 Å². The molecule has 82 valence electrons. The summed E-state index contributed by atoms with van der Waals surface area (Å²) in [7, 11) is 0. The summed E-state index contributed by atoms with van der Waals surface area (Å²) < 4.78 is 15.2. The fraction of sp³-hybridized carbons (Fsp3) is 0.889. The first-order chi connectivity index (χ1) is 6.84. The molecule has 1 aliphatic heterocycles. The van der Waals surface area contributed by atoms with Crippen LogP contribution in [0.3, 0.4) is 0 Å². The summed E-state index contributed by atoms with van der Waals surface area (Å²) in [4.78, 5) is 11.3. The van der Waals surface area contributed by atoms with Crippen molar-refractivity contribution in [3.05, 3.63) is 0 Å². The molecule has 0 radical (unpaired) electrons. The van der Waals surface area contributed by atoms with Gasteiger partial charge in [-0.15, -0.1) is 0 Å². The molecule has 0 aromatic rings. The number of carbonyl (C=O) groups excluding carboxylic acids is 1. The maximum absolute atomic E-state index is 11.3. The second-order valence-corrected chi connectivity index (χ2v) is 2.93. The minimum atomic E-state index is -0.453. The fourth-order valence-corrected chi connectivity index (χ4v) is 1.16. The van der Waals surface area contributed by atoms with Crippen molar-refractivity contribution < 1.29 is 19.0 Å². The van der Waals surface area contributed by atoms with Gasteiger partial charge in [0.2, 0.25) is 0 Å². The lowest BCUT2D eigenvalue weighted by Gasteiger charge is -2.21. The van der Waals surface area contributed by atoms with E-state index in [1.54, 1.807) is 0 Å². The summed E-state index contributed by atoms with van der Waals surface area (Å²) in [6.07, 6.45) is -0.453. The third kappa shape index (κ3) is 4.04. The van der Waals surface area contributed by atoms with Gasteiger partial charge >= 0.3 is 5.97 Å². The zero-order valence-corrected chi connectivity index (χ0v) is 8.45. The zero-order valence-electron chi connectivity index (χ0n) is 8.45. The number of hydrogen-bond donors (Lipinski definition) is 1. The standard InChI is InChI=1S/C9H17NO4/c1-2-12-5-6-14-9(11)8-7-10-3-4-13-8/h8,10H,2-7H2,1H3. The summed E-state index contributed by atoms with van der Waals surface area (Å²) in [5.74, 6) is -0.308. The smallest absolute Gasteiger partial charge is 0.336 e. The molecule has 5 heteroatoms. The lowest BCUT2D eigenvalue weighted by Crippen LogP contribution is -2.44. The Morgan fingerprint density at radius 1 is 1.57 bits per heavy atom. The van der Waals surface area contributed by atoms with Crippen LogP contribution >= 0.6 is 0 Å². The second kappa shape index (κ2) is 6.75. The largest absolute Gasteiger partial charge is 0.461 e. The Morgan fingerprint density at radius 3 is 3.07 bits per heavy atom. The van der Waals surface area contributed by atoms with Crippen molar-refractivity contribution in [2.24, 2.45) is 0 Å². The Morgan fingerprint density at radius 2 is 2.43 bits per heavy atom. The minimum absolute atomic E-state index is 0.298. The Labute approximate surface area is 83.7 Å². The molecule has 1 unspecified atom stereocenters. The lowest BCUT2D eigenvalue weighted by atomic mass is 10.3. The van der Waals surface area contributed by atoms with Crippen molar-refractivity contribution in [1.82, 2.24) is 5.32 Å². The molecule has 14 heavy (non-hydrogen) atoms. The Hall–Kier alpha value is -0.650. The van der Waals surface area contributed by atoms with Crippen LogP contribution in [0.4, 0.5) is 0 Å². The number of ether oxygens (including phenoxy) is 3. The van der Waals surface area contributed by atoms with Gasteiger partial charge in [0, 0.05) is 19.7 Å². The van der Waals surface area contributed by atoms with E-state index in [4.69, 9.17) is 14.2 Å². The number of carbonyl (C=O) groups is 1. The van der Waals surface area contributed by atoms with Crippen molar-refractivity contribution in [2.45, 2.75) is 13.0 Å². The second-order valence-electron chi connectivity index (χ2n) is 2.93. The average molecular weight is 203 g/mol. The van der Waals surface area contributed by atoms with Crippen LogP contribution in [0.1, 0.15) is 6.92 Å². The number of esters is 1. The van der Waals surface area contributed by atoms with Gasteiger partial charge in [-0.1, -0.05) is 0 Å². The first-order valence-electron chi connectivity index (χ1n) is 4.91. The molecule has 1 N–H and O–H groups in total. The summed E-state index contributed by atoms with van der Waals surface area (Å²) >= 11 is 0. The maximum Gasteiger partial charge on any atom is 0.336 e. The molecular formula is C9H17NO4. The number of rotatable bonds is 5. The van der Waals surface area contributed by atoms with Crippen LogP contribution in [0.5, 0.6) is 0 Å². The zero-order chi connectivity index (χ0) is 10.2. The predicted molar refractivity (Wildman–Crippen MR) is 50.1 cm³/mol. The molecule has 0 aromatic carbocycles. The highest BCUT2D eigenvalue weighted by Gasteiger charge is 2.22. The van der Waals surface area contributed by atoms with Gasteiger partial charge in [-0.3, -0.25) is 0 Å². The lowest BCUT2D eigenvalue weighted by molar-refractivity contribution is -0.160. The molecule has 0 saturated carbocycles. The van der Waals surface area contributed by atoms with Gasteiger partial charge < -0.3 is 19.5 Å². The molecule has 0 aliphatic carbocycles. The predicted octanol–water partition coefficient (Wildman–Crippen LogP) is -0.445. The van der Waals surface area contributed by atoms with Gasteiger partial charge in [0.15, 0.2) is 6.10 Å². The molecule has 0 amide bonds. The van der Waals surface area contributed by atoms with Crippen LogP contribution < -0.4 is 5.32 Å². The fourth-order valence-electron chi connectivity index (χ4n) is 1.16. The van der Waals surface area contributed by atoms with Crippen LogP contribution in [-0.4, -0.2) is 51.6 Å². The summed E-state index contributed by atoms with van der Waals surface area (Å²) in [6, 6.07) is 0. The van der Waals surface area contributed by atoms with Crippen molar-refractivity contribution in [2.75, 3.05) is 39.5 Å². The van der Waals surface area contributed by atoms with Crippen molar-refractivity contribution >= 4 is 5.97 Å². The first-order valence-corrected chi connectivity index (χ1v) is 4.91. The van der Waals surface area contributed by atoms with E-state index in [0.717, 1.165) is 6.54 Å². The number of hydrogen-bond acceptors (Lipinski definition) is 5. The normalized spacial score (nSPS) is 21.9. The summed E-state index contributed by atoms with van der Waals surface area (Å²) in [5, 5.41) is 3.06. The van der Waals surface area contributed by atoms with Crippen LogP contribution in [-0.2, 0) is 19.0 Å². The molecule has 1 fully saturated rings. The maximum atomic E-state index is 11.3. The number of morpholine rings is 1. The van der Waals surface area contributed by atoms with Gasteiger partial charge in [-0.25, -0.2) is 4.79 Å². The highest BCUT2D eigenvalue weighted by molar-refractivity contribution is 5.75. The van der Waals surface area contributed by atoms with Crippen LogP contribution in [0.25, 0.3) is 0 Å². The van der Waals surface area contributed by atoms with Gasteiger partial charge in [0.25, 0.3) is 0 Å². The number of nitrogens with one attached hydrogen (secondary N) is 1. The molecule has 1 saturated heterocycles. The monoisotopic (exact) mass is 203 g/mol. The van der Waals surface area contributed by atoms with E-state index in [-0.39, 0.29) is 5.97 Å². The summed E-state index contributed by atoms with van der Waals surface area (Å²) in [6.45, 7) is 5.17. The van der Waals surface area contributed by atoms with Crippen LogP contribution in [0, 0.1) is 0 Å². The summed E-state index contributed by atoms with van der Waals surface area (Å²) in [5.41, 5.74) is 0. The van der Waals surface area contributed by atoms with Crippen molar-refractivity contribution in [1.29, 1.82) is 0 Å². The van der Waals surface area contributed by atoms with E-state index in [1.807, 2.05) is 6.92 Å². The van der Waals surface area contributed by atoms with E-state index < -0.39 is 6.10 Å². The SMILES string of the molecule is CCOCCOC(=O)C1CNCCO1.